The van der Waals surface area contributed by atoms with Crippen molar-refractivity contribution in [1.29, 1.82) is 0 Å². The van der Waals surface area contributed by atoms with Crippen molar-refractivity contribution in [2.45, 2.75) is 26.9 Å². The molecule has 0 radical (unpaired) electrons. The van der Waals surface area contributed by atoms with Crippen LogP contribution in [0.1, 0.15) is 22.4 Å². The number of nitrogens with zero attached hydrogens (tertiary/aromatic N) is 2. The Labute approximate surface area is 135 Å². The van der Waals surface area contributed by atoms with E-state index in [1.54, 1.807) is 6.20 Å². The number of rotatable bonds is 4. The Kier molecular flexibility index (Phi) is 4.26. The van der Waals surface area contributed by atoms with Crippen molar-refractivity contribution in [3.05, 3.63) is 75.5 Å². The van der Waals surface area contributed by atoms with Gasteiger partial charge in [-0.1, -0.05) is 18.2 Å². The number of aromatic amines is 1. The van der Waals surface area contributed by atoms with Crippen molar-refractivity contribution in [1.82, 2.24) is 14.9 Å². The van der Waals surface area contributed by atoms with E-state index in [9.17, 15) is 4.79 Å². The van der Waals surface area contributed by atoms with Gasteiger partial charge in [-0.15, -0.1) is 0 Å². The third-order valence-corrected chi connectivity index (χ3v) is 4.25. The van der Waals surface area contributed by atoms with E-state index < -0.39 is 0 Å². The largest absolute Gasteiger partial charge is 0.363 e. The van der Waals surface area contributed by atoms with Crippen molar-refractivity contribution in [3.8, 4) is 0 Å². The van der Waals surface area contributed by atoms with E-state index >= 15 is 0 Å². The van der Waals surface area contributed by atoms with E-state index in [0.717, 1.165) is 28.8 Å². The minimum atomic E-state index is 0.128. The lowest BCUT2D eigenvalue weighted by molar-refractivity contribution is 0.315. The molecule has 0 aliphatic rings. The van der Waals surface area contributed by atoms with E-state index in [4.69, 9.17) is 0 Å². The van der Waals surface area contributed by atoms with Gasteiger partial charge in [-0.05, 0) is 37.9 Å². The van der Waals surface area contributed by atoms with Gasteiger partial charge in [0.2, 0.25) is 0 Å². The van der Waals surface area contributed by atoms with Crippen molar-refractivity contribution in [2.75, 3.05) is 7.05 Å². The zero-order chi connectivity index (χ0) is 16.4. The predicted molar refractivity (Wildman–Crippen MR) is 93.5 cm³/mol. The summed E-state index contributed by atoms with van der Waals surface area (Å²) in [6.45, 7) is 5.25. The van der Waals surface area contributed by atoms with Crippen LogP contribution in [0, 0.1) is 13.8 Å². The quantitative estimate of drug-likeness (QED) is 0.805. The summed E-state index contributed by atoms with van der Waals surface area (Å²) in [6, 6.07) is 8.33. The molecule has 0 saturated heterocycles. The Balaban J connectivity index is 1.83. The van der Waals surface area contributed by atoms with Crippen LogP contribution in [0.3, 0.4) is 0 Å². The number of aryl methyl sites for hydroxylation is 1. The maximum atomic E-state index is 12.1. The first-order chi connectivity index (χ1) is 11.1. The molecule has 4 heteroatoms. The number of hydrogen-bond donors (Lipinski definition) is 1. The summed E-state index contributed by atoms with van der Waals surface area (Å²) in [5.74, 6) is 0. The molecule has 0 atom stereocenters. The number of H-pyrrole nitrogens is 1. The zero-order valence-corrected chi connectivity index (χ0v) is 13.8. The monoisotopic (exact) mass is 307 g/mol. The average Bonchev–Trinajstić information content (AvgIpc) is 2.56. The highest BCUT2D eigenvalue weighted by molar-refractivity contribution is 5.84. The minimum Gasteiger partial charge on any atom is -0.363 e. The molecule has 0 saturated carbocycles. The van der Waals surface area contributed by atoms with Gasteiger partial charge in [-0.3, -0.25) is 14.7 Å². The summed E-state index contributed by atoms with van der Waals surface area (Å²) in [5.41, 5.74) is 3.93. The second kappa shape index (κ2) is 6.34. The molecule has 0 spiro atoms. The first-order valence-corrected chi connectivity index (χ1v) is 7.74. The van der Waals surface area contributed by atoms with E-state index in [1.807, 2.05) is 26.2 Å². The summed E-state index contributed by atoms with van der Waals surface area (Å²) in [7, 11) is 2.07. The lowest BCUT2D eigenvalue weighted by Gasteiger charge is -2.19. The first-order valence-electron chi connectivity index (χ1n) is 7.74. The van der Waals surface area contributed by atoms with Crippen LogP contribution in [0.2, 0.25) is 0 Å². The zero-order valence-electron chi connectivity index (χ0n) is 13.8. The molecule has 3 aromatic rings. The molecule has 0 fully saturated rings. The lowest BCUT2D eigenvalue weighted by atomic mass is 10.1. The molecule has 118 valence electrons. The summed E-state index contributed by atoms with van der Waals surface area (Å²) in [5, 5.41) is 2.38. The molecule has 1 N–H and O–H groups in total. The first kappa shape index (κ1) is 15.4. The fourth-order valence-corrected chi connectivity index (χ4v) is 2.91. The number of fused-ring (bicyclic) bond motifs is 1. The van der Waals surface area contributed by atoms with Gasteiger partial charge in [0.15, 0.2) is 5.43 Å². The second-order valence-corrected chi connectivity index (χ2v) is 6.09. The third-order valence-electron chi connectivity index (χ3n) is 4.25. The molecule has 2 heterocycles. The molecule has 0 aliphatic carbocycles. The lowest BCUT2D eigenvalue weighted by Crippen LogP contribution is -2.22. The van der Waals surface area contributed by atoms with Gasteiger partial charge in [-0.2, -0.15) is 0 Å². The fourth-order valence-electron chi connectivity index (χ4n) is 2.91. The van der Waals surface area contributed by atoms with Crippen LogP contribution in [0.5, 0.6) is 0 Å². The topological polar surface area (TPSA) is 49.0 Å². The summed E-state index contributed by atoms with van der Waals surface area (Å²) in [6.07, 6.45) is 5.51. The van der Waals surface area contributed by atoms with Gasteiger partial charge in [-0.25, -0.2) is 0 Å². The van der Waals surface area contributed by atoms with E-state index in [0.29, 0.717) is 6.54 Å². The van der Waals surface area contributed by atoms with E-state index in [-0.39, 0.29) is 5.43 Å². The van der Waals surface area contributed by atoms with Gasteiger partial charge in [0, 0.05) is 53.9 Å². The summed E-state index contributed by atoms with van der Waals surface area (Å²) >= 11 is 0. The summed E-state index contributed by atoms with van der Waals surface area (Å²) < 4.78 is 0. The van der Waals surface area contributed by atoms with Crippen LogP contribution >= 0.6 is 0 Å². The summed E-state index contributed by atoms with van der Waals surface area (Å²) in [4.78, 5) is 21.7. The molecule has 0 aliphatic heterocycles. The minimum absolute atomic E-state index is 0.128. The van der Waals surface area contributed by atoms with Crippen LogP contribution in [0.25, 0.3) is 10.8 Å². The maximum absolute atomic E-state index is 12.1. The molecule has 0 unspecified atom stereocenters. The third kappa shape index (κ3) is 3.17. The van der Waals surface area contributed by atoms with Gasteiger partial charge in [0.25, 0.3) is 0 Å². The maximum Gasteiger partial charge on any atom is 0.187 e. The molecular formula is C19H21N3O. The molecule has 0 amide bonds. The standard InChI is InChI=1S/C19H21N3O/c1-13-9-21-18(14(2)19(13)23)12-22(3)11-16-6-4-5-15-10-20-8-7-17(15)16/h4-10H,11-12H2,1-3H3,(H,21,23). The molecular weight excluding hydrogens is 286 g/mol. The van der Waals surface area contributed by atoms with Crippen LogP contribution in [-0.2, 0) is 13.1 Å². The highest BCUT2D eigenvalue weighted by atomic mass is 16.1. The van der Waals surface area contributed by atoms with Crippen molar-refractivity contribution < 1.29 is 0 Å². The Morgan fingerprint density at radius 3 is 2.83 bits per heavy atom. The van der Waals surface area contributed by atoms with Gasteiger partial charge in [0.05, 0.1) is 0 Å². The van der Waals surface area contributed by atoms with Gasteiger partial charge >= 0.3 is 0 Å². The number of aromatic nitrogens is 2. The SMILES string of the molecule is Cc1c[nH]c(CN(C)Cc2cccc3cnccc23)c(C)c1=O. The molecule has 4 nitrogen and oxygen atoms in total. The highest BCUT2D eigenvalue weighted by Gasteiger charge is 2.09. The normalized spacial score (nSPS) is 11.3. The van der Waals surface area contributed by atoms with Crippen LogP contribution in [0.4, 0.5) is 0 Å². The van der Waals surface area contributed by atoms with Crippen molar-refractivity contribution in [2.24, 2.45) is 0 Å². The van der Waals surface area contributed by atoms with Crippen LogP contribution in [-0.4, -0.2) is 21.9 Å². The van der Waals surface area contributed by atoms with Crippen molar-refractivity contribution in [3.63, 3.8) is 0 Å². The molecule has 23 heavy (non-hydrogen) atoms. The van der Waals surface area contributed by atoms with Gasteiger partial charge < -0.3 is 4.98 Å². The predicted octanol–water partition coefficient (Wildman–Crippen LogP) is 3.17. The van der Waals surface area contributed by atoms with Gasteiger partial charge in [0.1, 0.15) is 0 Å². The molecule has 0 bridgehead atoms. The number of pyridine rings is 2. The average molecular weight is 307 g/mol. The smallest absolute Gasteiger partial charge is 0.187 e. The second-order valence-electron chi connectivity index (χ2n) is 6.09. The fraction of sp³-hybridized carbons (Fsp3) is 0.263. The Bertz CT molecular complexity index is 893. The van der Waals surface area contributed by atoms with Crippen LogP contribution in [0.15, 0.2) is 47.7 Å². The molecule has 3 rings (SSSR count). The van der Waals surface area contributed by atoms with E-state index in [1.165, 1.54) is 10.9 Å². The number of nitrogens with one attached hydrogen (secondary N) is 1. The number of hydrogen-bond acceptors (Lipinski definition) is 3. The molecule has 1 aromatic carbocycles. The Morgan fingerprint density at radius 2 is 2.00 bits per heavy atom. The van der Waals surface area contributed by atoms with E-state index in [2.05, 4.69) is 46.2 Å². The number of benzene rings is 1. The van der Waals surface area contributed by atoms with Crippen LogP contribution < -0.4 is 5.43 Å². The Hall–Kier alpha value is -2.46. The van der Waals surface area contributed by atoms with Crippen molar-refractivity contribution >= 4 is 10.8 Å². The highest BCUT2D eigenvalue weighted by Crippen LogP contribution is 2.19. The molecule has 2 aromatic heterocycles. The Morgan fingerprint density at radius 1 is 1.17 bits per heavy atom.